The molecule has 0 fully saturated rings. The zero-order valence-corrected chi connectivity index (χ0v) is 12.0. The summed E-state index contributed by atoms with van der Waals surface area (Å²) in [5.41, 5.74) is 5.55. The van der Waals surface area contributed by atoms with Crippen LogP contribution < -0.4 is 0 Å². The van der Waals surface area contributed by atoms with Crippen molar-refractivity contribution in [3.8, 4) is 11.3 Å². The van der Waals surface area contributed by atoms with Crippen molar-refractivity contribution >= 4 is 10.9 Å². The Morgan fingerprint density at radius 1 is 1.15 bits per heavy atom. The van der Waals surface area contributed by atoms with Gasteiger partial charge in [-0.3, -0.25) is 4.98 Å². The molecule has 1 atom stereocenters. The normalized spacial score (nSPS) is 12.8. The van der Waals surface area contributed by atoms with Crippen molar-refractivity contribution < 1.29 is 5.11 Å². The standard InChI is InChI=1S/C17H18N2O/c1-11-6-4-8-15-16(11)12(2)17(19(15)13(3)20)14-7-5-9-18-10-14/h4-10,13,20H,1-3H3. The number of fused-ring (bicyclic) bond motifs is 1. The monoisotopic (exact) mass is 266 g/mol. The summed E-state index contributed by atoms with van der Waals surface area (Å²) in [6.45, 7) is 6.01. The summed E-state index contributed by atoms with van der Waals surface area (Å²) >= 11 is 0. The Kier molecular flexibility index (Phi) is 3.07. The van der Waals surface area contributed by atoms with Crippen molar-refractivity contribution in [2.45, 2.75) is 27.0 Å². The van der Waals surface area contributed by atoms with Crippen LogP contribution in [0.3, 0.4) is 0 Å². The number of hydrogen-bond donors (Lipinski definition) is 1. The van der Waals surface area contributed by atoms with Crippen LogP contribution in [0.5, 0.6) is 0 Å². The zero-order chi connectivity index (χ0) is 14.3. The Morgan fingerprint density at radius 2 is 1.95 bits per heavy atom. The molecular formula is C17H18N2O. The maximum atomic E-state index is 10.2. The molecule has 3 heteroatoms. The van der Waals surface area contributed by atoms with Gasteiger partial charge in [0.15, 0.2) is 0 Å². The number of rotatable bonds is 2. The summed E-state index contributed by atoms with van der Waals surface area (Å²) in [6.07, 6.45) is 3.03. The van der Waals surface area contributed by atoms with Gasteiger partial charge in [-0.15, -0.1) is 0 Å². The Balaban J connectivity index is 2.45. The van der Waals surface area contributed by atoms with E-state index in [0.29, 0.717) is 0 Å². The van der Waals surface area contributed by atoms with E-state index in [9.17, 15) is 5.11 Å². The number of benzene rings is 1. The summed E-state index contributed by atoms with van der Waals surface area (Å²) in [5.74, 6) is 0. The molecule has 0 spiro atoms. The zero-order valence-electron chi connectivity index (χ0n) is 12.0. The molecule has 1 unspecified atom stereocenters. The molecule has 102 valence electrons. The minimum Gasteiger partial charge on any atom is -0.374 e. The highest BCUT2D eigenvalue weighted by Crippen LogP contribution is 2.36. The molecule has 0 aliphatic carbocycles. The van der Waals surface area contributed by atoms with Crippen molar-refractivity contribution in [1.29, 1.82) is 0 Å². The molecule has 2 aromatic heterocycles. The molecule has 20 heavy (non-hydrogen) atoms. The van der Waals surface area contributed by atoms with Crippen LogP contribution in [-0.2, 0) is 0 Å². The molecule has 0 radical (unpaired) electrons. The molecule has 0 saturated carbocycles. The lowest BCUT2D eigenvalue weighted by Gasteiger charge is -2.14. The van der Waals surface area contributed by atoms with E-state index in [-0.39, 0.29) is 0 Å². The van der Waals surface area contributed by atoms with Gasteiger partial charge in [-0.25, -0.2) is 0 Å². The molecule has 0 aliphatic heterocycles. The third-order valence-corrected chi connectivity index (χ3v) is 3.79. The van der Waals surface area contributed by atoms with Crippen LogP contribution in [0.15, 0.2) is 42.7 Å². The fourth-order valence-electron chi connectivity index (χ4n) is 3.01. The maximum absolute atomic E-state index is 10.2. The van der Waals surface area contributed by atoms with Crippen LogP contribution in [-0.4, -0.2) is 14.7 Å². The van der Waals surface area contributed by atoms with E-state index in [1.165, 1.54) is 16.5 Å². The lowest BCUT2D eigenvalue weighted by molar-refractivity contribution is 0.131. The number of aliphatic hydroxyl groups excluding tert-OH is 1. The molecular weight excluding hydrogens is 248 g/mol. The minimum absolute atomic E-state index is 0.580. The lowest BCUT2D eigenvalue weighted by atomic mass is 10.0. The molecule has 0 bridgehead atoms. The average Bonchev–Trinajstić information content (AvgIpc) is 2.74. The highest BCUT2D eigenvalue weighted by molar-refractivity contribution is 5.93. The first-order valence-corrected chi connectivity index (χ1v) is 6.80. The quantitative estimate of drug-likeness (QED) is 0.765. The molecule has 0 amide bonds. The molecule has 2 heterocycles. The fourth-order valence-corrected chi connectivity index (χ4v) is 3.01. The Hall–Kier alpha value is -2.13. The van der Waals surface area contributed by atoms with Crippen LogP contribution in [0.4, 0.5) is 0 Å². The molecule has 1 aromatic carbocycles. The summed E-state index contributed by atoms with van der Waals surface area (Å²) < 4.78 is 1.98. The number of hydrogen-bond acceptors (Lipinski definition) is 2. The number of aryl methyl sites for hydroxylation is 2. The molecule has 3 aromatic rings. The van der Waals surface area contributed by atoms with Crippen LogP contribution in [0, 0.1) is 13.8 Å². The average molecular weight is 266 g/mol. The number of aliphatic hydroxyl groups is 1. The van der Waals surface area contributed by atoms with Gasteiger partial charge in [0.2, 0.25) is 0 Å². The van der Waals surface area contributed by atoms with Gasteiger partial charge in [-0.05, 0) is 50.1 Å². The number of nitrogens with zero attached hydrogens (tertiary/aromatic N) is 2. The van der Waals surface area contributed by atoms with E-state index in [4.69, 9.17) is 0 Å². The largest absolute Gasteiger partial charge is 0.374 e. The predicted molar refractivity (Wildman–Crippen MR) is 81.6 cm³/mol. The van der Waals surface area contributed by atoms with Gasteiger partial charge in [-0.2, -0.15) is 0 Å². The van der Waals surface area contributed by atoms with Crippen LogP contribution >= 0.6 is 0 Å². The molecule has 0 aliphatic rings. The van der Waals surface area contributed by atoms with Crippen molar-refractivity contribution in [2.75, 3.05) is 0 Å². The van der Waals surface area contributed by atoms with E-state index in [0.717, 1.165) is 16.8 Å². The third kappa shape index (κ3) is 1.82. The van der Waals surface area contributed by atoms with E-state index >= 15 is 0 Å². The van der Waals surface area contributed by atoms with Gasteiger partial charge < -0.3 is 9.67 Å². The van der Waals surface area contributed by atoms with Gasteiger partial charge in [0.1, 0.15) is 6.23 Å². The summed E-state index contributed by atoms with van der Waals surface area (Å²) in [7, 11) is 0. The first-order chi connectivity index (χ1) is 9.61. The topological polar surface area (TPSA) is 38.0 Å². The Bertz CT molecular complexity index is 758. The van der Waals surface area contributed by atoms with Gasteiger partial charge in [0.25, 0.3) is 0 Å². The SMILES string of the molecule is Cc1cccc2c1c(C)c(-c1cccnc1)n2C(C)O. The summed E-state index contributed by atoms with van der Waals surface area (Å²) in [6, 6.07) is 10.1. The Labute approximate surface area is 118 Å². The second-order valence-corrected chi connectivity index (χ2v) is 5.19. The fraction of sp³-hybridized carbons (Fsp3) is 0.235. The lowest BCUT2D eigenvalue weighted by Crippen LogP contribution is -2.05. The number of aromatic nitrogens is 2. The summed E-state index contributed by atoms with van der Waals surface area (Å²) in [4.78, 5) is 4.20. The van der Waals surface area contributed by atoms with Crippen molar-refractivity contribution in [3.05, 3.63) is 53.9 Å². The molecule has 0 saturated heterocycles. The smallest absolute Gasteiger partial charge is 0.128 e. The van der Waals surface area contributed by atoms with E-state index in [1.54, 1.807) is 13.1 Å². The highest BCUT2D eigenvalue weighted by atomic mass is 16.3. The van der Waals surface area contributed by atoms with E-state index < -0.39 is 6.23 Å². The van der Waals surface area contributed by atoms with Gasteiger partial charge >= 0.3 is 0 Å². The maximum Gasteiger partial charge on any atom is 0.128 e. The van der Waals surface area contributed by atoms with Gasteiger partial charge in [0, 0.05) is 23.3 Å². The second kappa shape index (κ2) is 4.76. The first kappa shape index (κ1) is 12.9. The first-order valence-electron chi connectivity index (χ1n) is 6.80. The van der Waals surface area contributed by atoms with Gasteiger partial charge in [0.05, 0.1) is 11.2 Å². The van der Waals surface area contributed by atoms with Crippen molar-refractivity contribution in [2.24, 2.45) is 0 Å². The van der Waals surface area contributed by atoms with Crippen LogP contribution in [0.1, 0.15) is 24.3 Å². The molecule has 3 rings (SSSR count). The van der Waals surface area contributed by atoms with Crippen LogP contribution in [0.25, 0.3) is 22.2 Å². The second-order valence-electron chi connectivity index (χ2n) is 5.19. The van der Waals surface area contributed by atoms with E-state index in [2.05, 4.69) is 31.0 Å². The number of pyridine rings is 1. The predicted octanol–water partition coefficient (Wildman–Crippen LogP) is 3.83. The minimum atomic E-state index is -0.580. The Morgan fingerprint density at radius 3 is 2.60 bits per heavy atom. The van der Waals surface area contributed by atoms with E-state index in [1.807, 2.05) is 29.0 Å². The summed E-state index contributed by atoms with van der Waals surface area (Å²) in [5, 5.41) is 11.4. The third-order valence-electron chi connectivity index (χ3n) is 3.79. The highest BCUT2D eigenvalue weighted by Gasteiger charge is 2.19. The van der Waals surface area contributed by atoms with Crippen LogP contribution in [0.2, 0.25) is 0 Å². The molecule has 1 N–H and O–H groups in total. The van der Waals surface area contributed by atoms with Gasteiger partial charge in [-0.1, -0.05) is 12.1 Å². The van der Waals surface area contributed by atoms with Crippen molar-refractivity contribution in [1.82, 2.24) is 9.55 Å². The molecule has 3 nitrogen and oxygen atoms in total. The van der Waals surface area contributed by atoms with Crippen molar-refractivity contribution in [3.63, 3.8) is 0 Å².